The van der Waals surface area contributed by atoms with E-state index in [4.69, 9.17) is 0 Å². The summed E-state index contributed by atoms with van der Waals surface area (Å²) in [6, 6.07) is 11.1. The van der Waals surface area contributed by atoms with Gasteiger partial charge in [-0.15, -0.1) is 0 Å². The number of carbonyl (C=O) groups excluding carboxylic acids is 2. The van der Waals surface area contributed by atoms with Gasteiger partial charge >= 0.3 is 0 Å². The van der Waals surface area contributed by atoms with Crippen LogP contribution >= 0.6 is 0 Å². The van der Waals surface area contributed by atoms with Gasteiger partial charge in [-0.1, -0.05) is 44.2 Å². The summed E-state index contributed by atoms with van der Waals surface area (Å²) in [5.41, 5.74) is 1.36. The molecule has 1 fully saturated rings. The Morgan fingerprint density at radius 3 is 2.42 bits per heavy atom. The zero-order valence-corrected chi connectivity index (χ0v) is 19.8. The fourth-order valence-corrected chi connectivity index (χ4v) is 4.27. The second-order valence-corrected chi connectivity index (χ2v) is 8.66. The molecule has 174 valence electrons. The topological polar surface area (TPSA) is 55.9 Å². The third-order valence-corrected chi connectivity index (χ3v) is 5.96. The normalized spacial score (nSPS) is 17.5. The standard InChI is InChI=1S/C25H42N4O2/c1-4-16-29(17-5-2)25(31)14-9-13-24(30)26-15-10-18-28-20-19-27(3)21-23(28)22-11-7-6-8-12-22/h6-8,11-12,23H,4-5,9-10,13-21H2,1-3H3,(H,26,30). The molecule has 1 aromatic rings. The molecule has 0 radical (unpaired) electrons. The maximum Gasteiger partial charge on any atom is 0.222 e. The molecule has 1 heterocycles. The van der Waals surface area contributed by atoms with Crippen LogP contribution in [0.4, 0.5) is 0 Å². The summed E-state index contributed by atoms with van der Waals surface area (Å²) < 4.78 is 0. The van der Waals surface area contributed by atoms with Crippen molar-refractivity contribution in [3.63, 3.8) is 0 Å². The molecule has 0 aliphatic carbocycles. The first-order valence-electron chi connectivity index (χ1n) is 12.1. The lowest BCUT2D eigenvalue weighted by Crippen LogP contribution is -2.47. The average molecular weight is 431 g/mol. The minimum atomic E-state index is 0.0586. The number of nitrogens with zero attached hydrogens (tertiary/aromatic N) is 3. The summed E-state index contributed by atoms with van der Waals surface area (Å²) in [5.74, 6) is 0.238. The number of hydrogen-bond donors (Lipinski definition) is 1. The van der Waals surface area contributed by atoms with Crippen LogP contribution in [0.25, 0.3) is 0 Å². The molecule has 1 unspecified atom stereocenters. The van der Waals surface area contributed by atoms with Crippen LogP contribution in [0.2, 0.25) is 0 Å². The molecular formula is C25H42N4O2. The zero-order chi connectivity index (χ0) is 22.5. The van der Waals surface area contributed by atoms with Gasteiger partial charge in [-0.3, -0.25) is 14.5 Å². The van der Waals surface area contributed by atoms with E-state index in [1.165, 1.54) is 5.56 Å². The number of benzene rings is 1. The third-order valence-electron chi connectivity index (χ3n) is 5.96. The van der Waals surface area contributed by atoms with Gasteiger partial charge in [0.05, 0.1) is 0 Å². The number of hydrogen-bond acceptors (Lipinski definition) is 4. The van der Waals surface area contributed by atoms with Crippen molar-refractivity contribution in [3.05, 3.63) is 35.9 Å². The monoisotopic (exact) mass is 430 g/mol. The largest absolute Gasteiger partial charge is 0.356 e. The van der Waals surface area contributed by atoms with Crippen molar-refractivity contribution in [2.45, 2.75) is 58.4 Å². The molecule has 1 N–H and O–H groups in total. The average Bonchev–Trinajstić information content (AvgIpc) is 2.78. The van der Waals surface area contributed by atoms with Gasteiger partial charge in [0.25, 0.3) is 0 Å². The Kier molecular flexibility index (Phi) is 11.6. The van der Waals surface area contributed by atoms with Gasteiger partial charge in [-0.2, -0.15) is 0 Å². The number of likely N-dealkylation sites (N-methyl/N-ethyl adjacent to an activating group) is 1. The van der Waals surface area contributed by atoms with Crippen LogP contribution in [0.5, 0.6) is 0 Å². The first-order chi connectivity index (χ1) is 15.0. The Bertz CT molecular complexity index is 646. The predicted octanol–water partition coefficient (Wildman–Crippen LogP) is 3.30. The molecule has 1 saturated heterocycles. The van der Waals surface area contributed by atoms with Gasteiger partial charge in [0.1, 0.15) is 0 Å². The summed E-state index contributed by atoms with van der Waals surface area (Å²) in [7, 11) is 2.18. The van der Waals surface area contributed by atoms with Crippen LogP contribution in [0.15, 0.2) is 30.3 Å². The van der Waals surface area contributed by atoms with Crippen molar-refractivity contribution < 1.29 is 9.59 Å². The number of nitrogens with one attached hydrogen (secondary N) is 1. The minimum absolute atomic E-state index is 0.0586. The minimum Gasteiger partial charge on any atom is -0.356 e. The molecule has 0 spiro atoms. The third kappa shape index (κ3) is 8.99. The van der Waals surface area contributed by atoms with Crippen LogP contribution in [-0.4, -0.2) is 79.4 Å². The van der Waals surface area contributed by atoms with Crippen LogP contribution in [-0.2, 0) is 9.59 Å². The van der Waals surface area contributed by atoms with Crippen molar-refractivity contribution in [1.29, 1.82) is 0 Å². The first kappa shape index (κ1) is 25.3. The van der Waals surface area contributed by atoms with E-state index in [1.54, 1.807) is 0 Å². The predicted molar refractivity (Wildman–Crippen MR) is 127 cm³/mol. The van der Waals surface area contributed by atoms with Crippen LogP contribution < -0.4 is 5.32 Å². The van der Waals surface area contributed by atoms with Crippen molar-refractivity contribution in [2.75, 3.05) is 52.9 Å². The lowest BCUT2D eigenvalue weighted by molar-refractivity contribution is -0.131. The second-order valence-electron chi connectivity index (χ2n) is 8.66. The van der Waals surface area contributed by atoms with Crippen molar-refractivity contribution in [3.8, 4) is 0 Å². The van der Waals surface area contributed by atoms with Gasteiger partial charge in [-0.25, -0.2) is 0 Å². The summed E-state index contributed by atoms with van der Waals surface area (Å²) in [5, 5.41) is 3.04. The highest BCUT2D eigenvalue weighted by molar-refractivity contribution is 5.78. The SMILES string of the molecule is CCCN(CCC)C(=O)CCCC(=O)NCCCN1CCN(C)CC1c1ccccc1. The molecule has 1 aliphatic heterocycles. The number of carbonyl (C=O) groups is 2. The smallest absolute Gasteiger partial charge is 0.222 e. The van der Waals surface area contributed by atoms with Gasteiger partial charge < -0.3 is 15.1 Å². The van der Waals surface area contributed by atoms with Crippen molar-refractivity contribution in [1.82, 2.24) is 20.0 Å². The molecule has 2 amide bonds. The molecule has 31 heavy (non-hydrogen) atoms. The van der Waals surface area contributed by atoms with E-state index in [0.717, 1.165) is 58.5 Å². The molecule has 6 heteroatoms. The molecule has 6 nitrogen and oxygen atoms in total. The molecule has 0 saturated carbocycles. The van der Waals surface area contributed by atoms with Crippen molar-refractivity contribution in [2.24, 2.45) is 0 Å². The lowest BCUT2D eigenvalue weighted by Gasteiger charge is -2.40. The van der Waals surface area contributed by atoms with Gasteiger partial charge in [-0.05, 0) is 38.3 Å². The van der Waals surface area contributed by atoms with E-state index in [2.05, 4.69) is 66.3 Å². The first-order valence-corrected chi connectivity index (χ1v) is 12.1. The molecular weight excluding hydrogens is 388 g/mol. The zero-order valence-electron chi connectivity index (χ0n) is 19.8. The van der Waals surface area contributed by atoms with E-state index >= 15 is 0 Å². The Balaban J connectivity index is 1.66. The van der Waals surface area contributed by atoms with E-state index in [-0.39, 0.29) is 11.8 Å². The Morgan fingerprint density at radius 2 is 1.74 bits per heavy atom. The van der Waals surface area contributed by atoms with Crippen molar-refractivity contribution >= 4 is 11.8 Å². The number of amides is 2. The van der Waals surface area contributed by atoms with E-state index in [0.29, 0.717) is 31.8 Å². The number of rotatable bonds is 13. The Hall–Kier alpha value is -1.92. The summed E-state index contributed by atoms with van der Waals surface area (Å²) in [4.78, 5) is 31.3. The lowest BCUT2D eigenvalue weighted by atomic mass is 10.0. The van der Waals surface area contributed by atoms with Gasteiger partial charge in [0, 0.05) is 64.7 Å². The van der Waals surface area contributed by atoms with Crippen LogP contribution in [0.1, 0.15) is 64.0 Å². The molecule has 0 bridgehead atoms. The Labute approximate surface area is 189 Å². The molecule has 1 atom stereocenters. The maximum atomic E-state index is 12.3. The van der Waals surface area contributed by atoms with Crippen LogP contribution in [0, 0.1) is 0 Å². The molecule has 2 rings (SSSR count). The van der Waals surface area contributed by atoms with E-state index in [9.17, 15) is 9.59 Å². The highest BCUT2D eigenvalue weighted by Gasteiger charge is 2.25. The van der Waals surface area contributed by atoms with E-state index in [1.807, 2.05) is 4.90 Å². The number of piperazine rings is 1. The quantitative estimate of drug-likeness (QED) is 0.488. The molecule has 0 aromatic heterocycles. The summed E-state index contributed by atoms with van der Waals surface area (Å²) in [6.45, 7) is 10.7. The maximum absolute atomic E-state index is 12.3. The summed E-state index contributed by atoms with van der Waals surface area (Å²) in [6.07, 6.45) is 4.42. The fraction of sp³-hybridized carbons (Fsp3) is 0.680. The second kappa shape index (κ2) is 14.2. The molecule has 1 aliphatic rings. The van der Waals surface area contributed by atoms with Crippen LogP contribution in [0.3, 0.4) is 0 Å². The van der Waals surface area contributed by atoms with Gasteiger partial charge in [0.15, 0.2) is 0 Å². The molecule has 1 aromatic carbocycles. The summed E-state index contributed by atoms with van der Waals surface area (Å²) >= 11 is 0. The van der Waals surface area contributed by atoms with E-state index < -0.39 is 0 Å². The highest BCUT2D eigenvalue weighted by Crippen LogP contribution is 2.24. The Morgan fingerprint density at radius 1 is 1.03 bits per heavy atom. The van der Waals surface area contributed by atoms with Gasteiger partial charge in [0.2, 0.25) is 11.8 Å². The fourth-order valence-electron chi connectivity index (χ4n) is 4.27. The highest BCUT2D eigenvalue weighted by atomic mass is 16.2.